The Morgan fingerprint density at radius 3 is 2.69 bits per heavy atom. The lowest BCUT2D eigenvalue weighted by molar-refractivity contribution is -0.139. The Kier molecular flexibility index (Phi) is 3.93. The Labute approximate surface area is 93.5 Å². The topological polar surface area (TPSA) is 26.3 Å². The monoisotopic (exact) mass is 306 g/mol. The lowest BCUT2D eigenvalue weighted by Gasteiger charge is -2.03. The second kappa shape index (κ2) is 4.77. The molecule has 1 aromatic carbocycles. The maximum atomic E-state index is 11.0. The number of methoxy groups -OCH3 is 1. The predicted molar refractivity (Wildman–Crippen MR) is 57.6 cm³/mol. The minimum atomic E-state index is -0.233. The molecule has 0 N–H and O–H groups in total. The maximum absolute atomic E-state index is 11.0. The Morgan fingerprint density at radius 1 is 1.46 bits per heavy atom. The van der Waals surface area contributed by atoms with E-state index in [1.54, 1.807) is 0 Å². The quantitative estimate of drug-likeness (QED) is 0.785. The summed E-state index contributed by atoms with van der Waals surface area (Å²) in [6, 6.07) is 5.67. The first kappa shape index (κ1) is 10.7. The fourth-order valence-electron chi connectivity index (χ4n) is 0.893. The first-order valence-electron chi connectivity index (χ1n) is 3.64. The molecule has 0 unspecified atom stereocenters. The van der Waals surface area contributed by atoms with Gasteiger partial charge in [0.1, 0.15) is 0 Å². The molecule has 0 aliphatic rings. The van der Waals surface area contributed by atoms with Crippen LogP contribution in [0.25, 0.3) is 0 Å². The molecular formula is C9H8Br2O2. The molecule has 0 aromatic heterocycles. The summed E-state index contributed by atoms with van der Waals surface area (Å²) in [6.45, 7) is 0. The first-order chi connectivity index (χ1) is 6.13. The lowest BCUT2D eigenvalue weighted by atomic mass is 10.2. The highest BCUT2D eigenvalue weighted by Gasteiger charge is 2.06. The molecule has 2 nitrogen and oxygen atoms in total. The van der Waals surface area contributed by atoms with E-state index < -0.39 is 0 Å². The van der Waals surface area contributed by atoms with Crippen molar-refractivity contribution in [1.29, 1.82) is 0 Å². The molecule has 0 aliphatic carbocycles. The van der Waals surface area contributed by atoms with Crippen molar-refractivity contribution in [2.75, 3.05) is 7.11 Å². The van der Waals surface area contributed by atoms with Gasteiger partial charge in [-0.15, -0.1) is 0 Å². The average Bonchev–Trinajstić information content (AvgIpc) is 2.09. The van der Waals surface area contributed by atoms with Crippen molar-refractivity contribution in [3.63, 3.8) is 0 Å². The van der Waals surface area contributed by atoms with Crippen molar-refractivity contribution in [2.45, 2.75) is 6.42 Å². The Morgan fingerprint density at radius 2 is 2.15 bits per heavy atom. The maximum Gasteiger partial charge on any atom is 0.310 e. The van der Waals surface area contributed by atoms with E-state index in [1.807, 2.05) is 18.2 Å². The van der Waals surface area contributed by atoms with E-state index in [9.17, 15) is 4.79 Å². The number of benzene rings is 1. The Hall–Kier alpha value is -0.350. The fraction of sp³-hybridized carbons (Fsp3) is 0.222. The van der Waals surface area contributed by atoms with Crippen LogP contribution in [0.15, 0.2) is 27.1 Å². The van der Waals surface area contributed by atoms with Crippen LogP contribution in [0.4, 0.5) is 0 Å². The smallest absolute Gasteiger partial charge is 0.310 e. The van der Waals surface area contributed by atoms with Gasteiger partial charge in [0.2, 0.25) is 0 Å². The molecule has 1 rings (SSSR count). The van der Waals surface area contributed by atoms with Crippen LogP contribution in [-0.4, -0.2) is 13.1 Å². The second-order valence-electron chi connectivity index (χ2n) is 2.49. The summed E-state index contributed by atoms with van der Waals surface area (Å²) in [5.41, 5.74) is 0.926. The normalized spacial score (nSPS) is 9.77. The standard InChI is InChI=1S/C9H8Br2O2/c1-13-9(12)4-6-2-3-7(10)5-8(6)11/h2-3,5H,4H2,1H3. The van der Waals surface area contributed by atoms with Crippen molar-refractivity contribution < 1.29 is 9.53 Å². The highest BCUT2D eigenvalue weighted by atomic mass is 79.9. The largest absolute Gasteiger partial charge is 0.469 e. The molecule has 0 aliphatic heterocycles. The number of carbonyl (C=O) groups excluding carboxylic acids is 1. The van der Waals surface area contributed by atoms with Crippen LogP contribution in [0.1, 0.15) is 5.56 Å². The summed E-state index contributed by atoms with van der Waals surface area (Å²) in [7, 11) is 1.38. The van der Waals surface area contributed by atoms with E-state index in [0.717, 1.165) is 14.5 Å². The summed E-state index contributed by atoms with van der Waals surface area (Å²) < 4.78 is 6.46. The van der Waals surface area contributed by atoms with Gasteiger partial charge in [-0.25, -0.2) is 0 Å². The van der Waals surface area contributed by atoms with Gasteiger partial charge in [-0.2, -0.15) is 0 Å². The van der Waals surface area contributed by atoms with Gasteiger partial charge in [-0.1, -0.05) is 37.9 Å². The minimum Gasteiger partial charge on any atom is -0.469 e. The highest BCUT2D eigenvalue weighted by molar-refractivity contribution is 9.11. The number of ether oxygens (including phenoxy) is 1. The number of hydrogen-bond acceptors (Lipinski definition) is 2. The molecule has 0 fully saturated rings. The van der Waals surface area contributed by atoms with E-state index in [2.05, 4.69) is 36.6 Å². The molecule has 4 heteroatoms. The predicted octanol–water partition coefficient (Wildman–Crippen LogP) is 2.93. The van der Waals surface area contributed by atoms with E-state index in [0.29, 0.717) is 6.42 Å². The van der Waals surface area contributed by atoms with E-state index >= 15 is 0 Å². The van der Waals surface area contributed by atoms with Crippen LogP contribution in [0, 0.1) is 0 Å². The van der Waals surface area contributed by atoms with Crippen molar-refractivity contribution in [1.82, 2.24) is 0 Å². The van der Waals surface area contributed by atoms with Crippen molar-refractivity contribution in [2.24, 2.45) is 0 Å². The third-order valence-electron chi connectivity index (χ3n) is 1.58. The summed E-state index contributed by atoms with van der Waals surface area (Å²) in [5, 5.41) is 0. The van der Waals surface area contributed by atoms with Crippen molar-refractivity contribution in [3.05, 3.63) is 32.7 Å². The first-order valence-corrected chi connectivity index (χ1v) is 5.23. The van der Waals surface area contributed by atoms with Gasteiger partial charge < -0.3 is 4.74 Å². The van der Waals surface area contributed by atoms with Crippen LogP contribution in [0.5, 0.6) is 0 Å². The van der Waals surface area contributed by atoms with Gasteiger partial charge in [0.25, 0.3) is 0 Å². The molecule has 0 radical (unpaired) electrons. The van der Waals surface area contributed by atoms with Crippen LogP contribution >= 0.6 is 31.9 Å². The highest BCUT2D eigenvalue weighted by Crippen LogP contribution is 2.22. The zero-order valence-electron chi connectivity index (χ0n) is 7.01. The number of halogens is 2. The molecule has 0 atom stereocenters. The van der Waals surface area contributed by atoms with Gasteiger partial charge in [-0.3, -0.25) is 4.79 Å². The third kappa shape index (κ3) is 3.12. The molecule has 0 heterocycles. The zero-order valence-corrected chi connectivity index (χ0v) is 10.2. The van der Waals surface area contributed by atoms with Gasteiger partial charge in [0.05, 0.1) is 13.5 Å². The van der Waals surface area contributed by atoms with Gasteiger partial charge in [0, 0.05) is 8.95 Å². The zero-order chi connectivity index (χ0) is 9.84. The number of esters is 1. The number of rotatable bonds is 2. The molecule has 1 aromatic rings. The lowest BCUT2D eigenvalue weighted by Crippen LogP contribution is -2.04. The molecule has 0 amide bonds. The minimum absolute atomic E-state index is 0.233. The molecule has 0 saturated carbocycles. The van der Waals surface area contributed by atoms with E-state index in [4.69, 9.17) is 0 Å². The fourth-order valence-corrected chi connectivity index (χ4v) is 2.08. The SMILES string of the molecule is COC(=O)Cc1ccc(Br)cc1Br. The third-order valence-corrected chi connectivity index (χ3v) is 2.81. The summed E-state index contributed by atoms with van der Waals surface area (Å²) >= 11 is 6.70. The van der Waals surface area contributed by atoms with Crippen LogP contribution in [0.3, 0.4) is 0 Å². The molecular weight excluding hydrogens is 300 g/mol. The average molecular weight is 308 g/mol. The molecule has 70 valence electrons. The Balaban J connectivity index is 2.83. The molecule has 13 heavy (non-hydrogen) atoms. The van der Waals surface area contributed by atoms with Crippen molar-refractivity contribution in [3.8, 4) is 0 Å². The summed E-state index contributed by atoms with van der Waals surface area (Å²) in [6.07, 6.45) is 0.296. The second-order valence-corrected chi connectivity index (χ2v) is 4.26. The van der Waals surface area contributed by atoms with Gasteiger partial charge in [0.15, 0.2) is 0 Å². The summed E-state index contributed by atoms with van der Waals surface area (Å²) in [4.78, 5) is 11.0. The van der Waals surface area contributed by atoms with Gasteiger partial charge in [-0.05, 0) is 17.7 Å². The molecule has 0 saturated heterocycles. The summed E-state index contributed by atoms with van der Waals surface area (Å²) in [5.74, 6) is -0.233. The number of carbonyl (C=O) groups is 1. The van der Waals surface area contributed by atoms with E-state index in [1.165, 1.54) is 7.11 Å². The van der Waals surface area contributed by atoms with Crippen LogP contribution < -0.4 is 0 Å². The van der Waals surface area contributed by atoms with E-state index in [-0.39, 0.29) is 5.97 Å². The molecule has 0 spiro atoms. The van der Waals surface area contributed by atoms with Gasteiger partial charge >= 0.3 is 5.97 Å². The van der Waals surface area contributed by atoms with Crippen molar-refractivity contribution >= 4 is 37.8 Å². The molecule has 0 bridgehead atoms. The van der Waals surface area contributed by atoms with Crippen LogP contribution in [0.2, 0.25) is 0 Å². The Bertz CT molecular complexity index is 323. The number of hydrogen-bond donors (Lipinski definition) is 0. The van der Waals surface area contributed by atoms with Crippen LogP contribution in [-0.2, 0) is 16.0 Å².